The number of aromatic nitrogens is 3. The van der Waals surface area contributed by atoms with Crippen LogP contribution in [0.5, 0.6) is 5.75 Å². The van der Waals surface area contributed by atoms with E-state index in [1.54, 1.807) is 0 Å². The molecule has 5 heteroatoms. The van der Waals surface area contributed by atoms with E-state index in [4.69, 9.17) is 4.74 Å². The van der Waals surface area contributed by atoms with Gasteiger partial charge in [0, 0.05) is 17.0 Å². The number of para-hydroxylation sites is 1. The topological polar surface area (TPSA) is 59.4 Å². The molecule has 23 heavy (non-hydrogen) atoms. The van der Waals surface area contributed by atoms with Gasteiger partial charge in [-0.25, -0.2) is 9.50 Å². The summed E-state index contributed by atoms with van der Waals surface area (Å²) in [6.45, 7) is 8.21. The molecule has 0 radical (unpaired) electrons. The Morgan fingerprint density at radius 2 is 1.91 bits per heavy atom. The fraction of sp³-hybridized carbons (Fsp3) is 0.333. The van der Waals surface area contributed by atoms with Crippen LogP contribution in [0.15, 0.2) is 35.1 Å². The molecule has 0 amide bonds. The van der Waals surface area contributed by atoms with E-state index in [0.29, 0.717) is 12.3 Å². The zero-order valence-electron chi connectivity index (χ0n) is 13.9. The Kier molecular flexibility index (Phi) is 3.94. The molecule has 0 bridgehead atoms. The third-order valence-electron chi connectivity index (χ3n) is 4.01. The summed E-state index contributed by atoms with van der Waals surface area (Å²) in [6.07, 6.45) is 0. The molecule has 120 valence electrons. The first-order chi connectivity index (χ1) is 11.0. The Hall–Kier alpha value is -2.56. The summed E-state index contributed by atoms with van der Waals surface area (Å²) < 4.78 is 7.35. The minimum Gasteiger partial charge on any atom is -0.489 e. The Labute approximate surface area is 134 Å². The minimum absolute atomic E-state index is 0.0310. The van der Waals surface area contributed by atoms with Gasteiger partial charge in [0.1, 0.15) is 12.4 Å². The normalized spacial score (nSPS) is 11.3. The molecule has 0 fully saturated rings. The largest absolute Gasteiger partial charge is 0.489 e. The van der Waals surface area contributed by atoms with Gasteiger partial charge in [-0.05, 0) is 31.9 Å². The SMILES string of the molecule is Cc1nc2c(COc3ccccc3)c(C)[nH]n2c(=O)c1C(C)C. The van der Waals surface area contributed by atoms with Crippen molar-refractivity contribution in [1.82, 2.24) is 14.6 Å². The van der Waals surface area contributed by atoms with Crippen LogP contribution in [0.25, 0.3) is 5.65 Å². The van der Waals surface area contributed by atoms with Gasteiger partial charge in [0.05, 0.1) is 5.56 Å². The summed E-state index contributed by atoms with van der Waals surface area (Å²) in [4.78, 5) is 17.3. The zero-order chi connectivity index (χ0) is 16.6. The molecule has 2 aromatic heterocycles. The monoisotopic (exact) mass is 311 g/mol. The molecule has 0 unspecified atom stereocenters. The van der Waals surface area contributed by atoms with E-state index in [0.717, 1.165) is 28.3 Å². The number of rotatable bonds is 4. The first kappa shape index (κ1) is 15.3. The molecule has 2 heterocycles. The summed E-state index contributed by atoms with van der Waals surface area (Å²) in [5.41, 5.74) is 3.95. The maximum atomic E-state index is 12.7. The van der Waals surface area contributed by atoms with Gasteiger partial charge in [-0.2, -0.15) is 0 Å². The molecule has 0 atom stereocenters. The summed E-state index contributed by atoms with van der Waals surface area (Å²) in [7, 11) is 0. The van der Waals surface area contributed by atoms with Crippen LogP contribution in [-0.4, -0.2) is 14.6 Å². The number of hydrogen-bond acceptors (Lipinski definition) is 3. The lowest BCUT2D eigenvalue weighted by molar-refractivity contribution is 0.306. The number of ether oxygens (including phenoxy) is 1. The maximum absolute atomic E-state index is 12.7. The van der Waals surface area contributed by atoms with Gasteiger partial charge in [0.2, 0.25) is 0 Å². The van der Waals surface area contributed by atoms with E-state index >= 15 is 0 Å². The van der Waals surface area contributed by atoms with Crippen LogP contribution in [0, 0.1) is 13.8 Å². The molecule has 1 aromatic carbocycles. The molecule has 0 saturated carbocycles. The number of benzene rings is 1. The van der Waals surface area contributed by atoms with Crippen molar-refractivity contribution in [2.75, 3.05) is 0 Å². The molecule has 0 aliphatic rings. The highest BCUT2D eigenvalue weighted by Crippen LogP contribution is 2.19. The minimum atomic E-state index is -0.0310. The lowest BCUT2D eigenvalue weighted by Gasteiger charge is -2.09. The van der Waals surface area contributed by atoms with Gasteiger partial charge in [-0.15, -0.1) is 0 Å². The molecule has 5 nitrogen and oxygen atoms in total. The third-order valence-corrected chi connectivity index (χ3v) is 4.01. The second-order valence-electron chi connectivity index (χ2n) is 6.05. The Morgan fingerprint density at radius 1 is 1.22 bits per heavy atom. The number of aryl methyl sites for hydroxylation is 2. The molecule has 0 spiro atoms. The van der Waals surface area contributed by atoms with Crippen LogP contribution in [0.4, 0.5) is 0 Å². The smallest absolute Gasteiger partial charge is 0.276 e. The molecule has 3 aromatic rings. The highest BCUT2D eigenvalue weighted by Gasteiger charge is 2.18. The molecule has 0 saturated heterocycles. The standard InChI is InChI=1S/C18H21N3O2/c1-11(2)16-13(4)19-17-15(12(3)20-21(17)18(16)22)10-23-14-8-6-5-7-9-14/h5-9,11,20H,10H2,1-4H3. The Bertz CT molecular complexity index is 892. The number of nitrogens with zero attached hydrogens (tertiary/aromatic N) is 2. The van der Waals surface area contributed by atoms with Crippen LogP contribution >= 0.6 is 0 Å². The lowest BCUT2D eigenvalue weighted by Crippen LogP contribution is -2.23. The van der Waals surface area contributed by atoms with Crippen molar-refractivity contribution in [3.05, 3.63) is 63.2 Å². The van der Waals surface area contributed by atoms with Crippen LogP contribution in [0.3, 0.4) is 0 Å². The van der Waals surface area contributed by atoms with Crippen molar-refractivity contribution in [1.29, 1.82) is 0 Å². The first-order valence-electron chi connectivity index (χ1n) is 7.77. The Balaban J connectivity index is 2.05. The average molecular weight is 311 g/mol. The van der Waals surface area contributed by atoms with Gasteiger partial charge in [-0.1, -0.05) is 32.0 Å². The Morgan fingerprint density at radius 3 is 2.57 bits per heavy atom. The number of hydrogen-bond donors (Lipinski definition) is 1. The zero-order valence-corrected chi connectivity index (χ0v) is 13.9. The van der Waals surface area contributed by atoms with E-state index in [-0.39, 0.29) is 11.5 Å². The van der Waals surface area contributed by atoms with E-state index in [2.05, 4.69) is 10.1 Å². The fourth-order valence-electron chi connectivity index (χ4n) is 2.86. The summed E-state index contributed by atoms with van der Waals surface area (Å²) in [5, 5.41) is 3.12. The van der Waals surface area contributed by atoms with Crippen molar-refractivity contribution in [2.24, 2.45) is 0 Å². The molecular weight excluding hydrogens is 290 g/mol. The second-order valence-corrected chi connectivity index (χ2v) is 6.05. The highest BCUT2D eigenvalue weighted by molar-refractivity contribution is 5.51. The predicted molar refractivity (Wildman–Crippen MR) is 90.1 cm³/mol. The molecule has 0 aliphatic heterocycles. The van der Waals surface area contributed by atoms with Crippen molar-refractivity contribution >= 4 is 5.65 Å². The third kappa shape index (κ3) is 2.74. The number of nitrogens with one attached hydrogen (secondary N) is 1. The predicted octanol–water partition coefficient (Wildman–Crippen LogP) is 3.34. The van der Waals surface area contributed by atoms with E-state index in [1.165, 1.54) is 4.52 Å². The quantitative estimate of drug-likeness (QED) is 0.804. The van der Waals surface area contributed by atoms with Crippen LogP contribution < -0.4 is 10.3 Å². The number of aromatic amines is 1. The lowest BCUT2D eigenvalue weighted by atomic mass is 10.0. The van der Waals surface area contributed by atoms with Gasteiger partial charge < -0.3 is 4.74 Å². The van der Waals surface area contributed by atoms with Crippen molar-refractivity contribution < 1.29 is 4.74 Å². The van der Waals surface area contributed by atoms with Gasteiger partial charge >= 0.3 is 0 Å². The summed E-state index contributed by atoms with van der Waals surface area (Å²) in [5.74, 6) is 0.934. The maximum Gasteiger partial charge on any atom is 0.276 e. The highest BCUT2D eigenvalue weighted by atomic mass is 16.5. The van der Waals surface area contributed by atoms with Crippen LogP contribution in [0.2, 0.25) is 0 Å². The van der Waals surface area contributed by atoms with Crippen LogP contribution in [-0.2, 0) is 6.61 Å². The van der Waals surface area contributed by atoms with Gasteiger partial charge in [-0.3, -0.25) is 9.89 Å². The van der Waals surface area contributed by atoms with Gasteiger partial charge in [0.25, 0.3) is 5.56 Å². The van der Waals surface area contributed by atoms with E-state index in [1.807, 2.05) is 58.0 Å². The van der Waals surface area contributed by atoms with Crippen molar-refractivity contribution in [3.8, 4) is 5.75 Å². The van der Waals surface area contributed by atoms with Gasteiger partial charge in [0.15, 0.2) is 5.65 Å². The first-order valence-corrected chi connectivity index (χ1v) is 7.77. The summed E-state index contributed by atoms with van der Waals surface area (Å²) >= 11 is 0. The second kappa shape index (κ2) is 5.91. The van der Waals surface area contributed by atoms with Crippen molar-refractivity contribution in [3.63, 3.8) is 0 Å². The molecule has 0 aliphatic carbocycles. The van der Waals surface area contributed by atoms with E-state index < -0.39 is 0 Å². The number of fused-ring (bicyclic) bond motifs is 1. The van der Waals surface area contributed by atoms with Crippen LogP contribution in [0.1, 0.15) is 42.3 Å². The fourth-order valence-corrected chi connectivity index (χ4v) is 2.86. The van der Waals surface area contributed by atoms with Crippen molar-refractivity contribution in [2.45, 2.75) is 40.2 Å². The average Bonchev–Trinajstić information content (AvgIpc) is 2.82. The number of H-pyrrole nitrogens is 1. The van der Waals surface area contributed by atoms with E-state index in [9.17, 15) is 4.79 Å². The molecule has 1 N–H and O–H groups in total. The molecular formula is C18H21N3O2. The summed E-state index contributed by atoms with van der Waals surface area (Å²) in [6, 6.07) is 9.62. The molecule has 3 rings (SSSR count).